The van der Waals surface area contributed by atoms with Gasteiger partial charge in [-0.05, 0) is 92.8 Å². The number of aromatic amines is 2. The number of phenols is 1. The van der Waals surface area contributed by atoms with E-state index in [4.69, 9.17) is 28.3 Å². The van der Waals surface area contributed by atoms with Crippen molar-refractivity contribution in [2.24, 2.45) is 22.9 Å². The molecule has 0 aliphatic carbocycles. The Kier molecular flexibility index (Phi) is 39.5. The number of benzene rings is 3. The van der Waals surface area contributed by atoms with Gasteiger partial charge in [0.1, 0.15) is 78.3 Å². The van der Waals surface area contributed by atoms with E-state index >= 15 is 28.8 Å². The molecule has 26 N–H and O–H groups in total. The third kappa shape index (κ3) is 28.8. The Morgan fingerprint density at radius 1 is 0.558 bits per heavy atom. The van der Waals surface area contributed by atoms with Crippen LogP contribution in [-0.4, -0.2) is 336 Å². The summed E-state index contributed by atoms with van der Waals surface area (Å²) in [5.41, 5.74) is 25.5. The number of rotatable bonds is 25. The number of guanidine groups is 1. The Balaban J connectivity index is 1.07. The molecule has 2 bridgehead atoms. The fourth-order valence-corrected chi connectivity index (χ4v) is 18.0. The van der Waals surface area contributed by atoms with Gasteiger partial charge in [-0.2, -0.15) is 0 Å². The number of hydrogen-bond donors (Lipinski definition) is 22. The number of H-pyrrole nitrogens is 2. The number of carboxylic acid groups (broad SMARTS) is 1. The number of hydrogen-bond acceptors (Lipinski definition) is 26. The molecule has 3 aromatic carbocycles. The summed E-state index contributed by atoms with van der Waals surface area (Å²) < 4.78 is 0. The van der Waals surface area contributed by atoms with Gasteiger partial charge in [0.2, 0.25) is 94.4 Å². The predicted octanol–water partition coefficient (Wildman–Crippen LogP) is -4.85. The number of para-hydroxylation sites is 2. The summed E-state index contributed by atoms with van der Waals surface area (Å²) in [5, 5.41) is 80.1. The number of aliphatic carboxylic acids is 1. The maximum Gasteiger partial charge on any atom is 0.303 e. The van der Waals surface area contributed by atoms with Crippen molar-refractivity contribution in [3.8, 4) is 5.75 Å². The van der Waals surface area contributed by atoms with Crippen LogP contribution in [0.3, 0.4) is 0 Å². The highest BCUT2D eigenvalue weighted by molar-refractivity contribution is 8.00. The highest BCUT2D eigenvalue weighted by atomic mass is 32.2. The van der Waals surface area contributed by atoms with Gasteiger partial charge in [-0.1, -0.05) is 88.1 Å². The first-order valence-electron chi connectivity index (χ1n) is 45.7. The molecule has 3 saturated heterocycles. The van der Waals surface area contributed by atoms with Crippen molar-refractivity contribution in [2.45, 2.75) is 227 Å². The number of aliphatic hydroxyl groups excluding tert-OH is 2. The number of nitrogens with two attached hydrogens (primary N) is 4. The maximum absolute atomic E-state index is 15.8. The monoisotopic (exact) mass is 1940 g/mol. The van der Waals surface area contributed by atoms with Crippen molar-refractivity contribution >= 4 is 152 Å². The number of amides is 16. The molecule has 138 heavy (non-hydrogen) atoms. The first kappa shape index (κ1) is 108. The molecular formula is C91H125N23O23S. The number of thioether (sulfide) groups is 1. The Hall–Kier alpha value is -14.1. The van der Waals surface area contributed by atoms with Gasteiger partial charge in [0, 0.05) is 131 Å². The van der Waals surface area contributed by atoms with Gasteiger partial charge in [0.05, 0.1) is 49.9 Å². The number of aromatic nitrogens is 2. The van der Waals surface area contributed by atoms with Crippen LogP contribution in [-0.2, 0) is 110 Å². The van der Waals surface area contributed by atoms with Gasteiger partial charge in [-0.15, -0.1) is 11.8 Å². The lowest BCUT2D eigenvalue weighted by Crippen LogP contribution is -2.61. The quantitative estimate of drug-likeness (QED) is 0.0113. The number of carbonyl (C=O) groups excluding carboxylic acids is 18. The number of aromatic hydroxyl groups is 1. The molecule has 4 aliphatic rings. The Morgan fingerprint density at radius 2 is 1.12 bits per heavy atom. The van der Waals surface area contributed by atoms with Crippen LogP contribution >= 0.6 is 11.8 Å². The van der Waals surface area contributed by atoms with E-state index in [1.165, 1.54) is 63.4 Å². The lowest BCUT2D eigenvalue weighted by atomic mass is 9.98. The van der Waals surface area contributed by atoms with Crippen molar-refractivity contribution < 1.29 is 112 Å². The number of unbranched alkanes of at least 4 members (excludes halogenated alkanes) is 2. The molecule has 15 atom stereocenters. The molecular weight excluding hydrogens is 1820 g/mol. The summed E-state index contributed by atoms with van der Waals surface area (Å²) in [6.07, 6.45) is -1.06. The number of nitrogens with one attached hydrogen (secondary N) is 14. The standard InChI is InChI=1S/C91H125N23O23S/c1-7-9-22-67-82(129)103-58(21-15-31-97-91(95)96)76-55(37-72(93)119)77(124)66(102-76)45-138-46-74(121)101-61(33-48-25-27-51(116)28-26-48)86(133)110(4)47(3)78(125)106-63(38-73(94)120)89(136)113-32-16-24-68(113)83(130)108-64(39-92)79(126)100-42-71(118)85(132)104-59(29-30-75(122)123)88(135)114-43-52(117)36-70(114)84(131)105-60(34-49-40-98-56-19-13-11-17-53(49)56)80(127)109-65(44-115)81(128)107-62(35-50-41-99-57-20-14-12-18-54(50)57)87(134)112(6)69(23-10-8-2)90(137)111(67)5/h11-14,17-20,25-28,40-41,47,52,58-70,98-99,102,115-117H,7-10,15-16,21-24,29-39,42-46,92H2,1-6H3,(H2,93,119)(H2,94,120)(H,100,126)(H,101,121)(H,103,129)(H,104,132)(H,105,131)(H,106,125)(H,107,128)(H,108,130)(H,109,127)(H,122,123)(H4,95,96,97)/t47-,52+,58-,59-,60-,61-,62-,63-,64-,65-,66-,67-,68-,69-,70-/m0/s1. The van der Waals surface area contributed by atoms with Gasteiger partial charge in [0.25, 0.3) is 5.91 Å². The molecule has 6 heterocycles. The van der Waals surface area contributed by atoms with E-state index in [0.717, 1.165) is 31.4 Å². The first-order valence-corrected chi connectivity index (χ1v) is 46.8. The molecule has 0 saturated carbocycles. The lowest BCUT2D eigenvalue weighted by molar-refractivity contribution is -0.149. The number of ketones is 2. The largest absolute Gasteiger partial charge is 0.508 e. The summed E-state index contributed by atoms with van der Waals surface area (Å²) >= 11 is 0.907. The molecule has 0 radical (unpaired) electrons. The first-order chi connectivity index (χ1) is 65.7. The minimum absolute atomic E-state index is 0.0157. The van der Waals surface area contributed by atoms with E-state index in [0.29, 0.717) is 64.2 Å². The third-order valence-electron chi connectivity index (χ3n) is 24.8. The van der Waals surface area contributed by atoms with E-state index in [-0.39, 0.29) is 93.6 Å². The number of likely N-dealkylation sites (N-methyl/N-ethyl adjacent to an activating group) is 3. The second kappa shape index (κ2) is 50.6. The number of Topliss-reactive ketones (excluding diaryl/α,β-unsaturated/α-hetero) is 2. The van der Waals surface area contributed by atoms with Gasteiger partial charge in [-0.3, -0.25) is 96.5 Å². The number of carboxylic acids is 1. The summed E-state index contributed by atoms with van der Waals surface area (Å²) in [4.78, 5) is 285. The molecule has 47 heteroatoms. The molecule has 0 unspecified atom stereocenters. The lowest BCUT2D eigenvalue weighted by Gasteiger charge is -2.36. The number of phenolic OH excluding ortho intramolecular Hbond substituents is 1. The normalized spacial score (nSPS) is 25.1. The molecule has 748 valence electrons. The Labute approximate surface area is 798 Å². The average Bonchev–Trinajstić information content (AvgIpc) is 1.61. The maximum atomic E-state index is 15.8. The minimum Gasteiger partial charge on any atom is -0.508 e. The zero-order chi connectivity index (χ0) is 101. The number of fused-ring (bicyclic) bond motifs is 6. The molecule has 4 aliphatic heterocycles. The topological polar surface area (TPSA) is 713 Å². The second-order valence-corrected chi connectivity index (χ2v) is 35.7. The summed E-state index contributed by atoms with van der Waals surface area (Å²) in [7, 11) is 3.91. The molecule has 3 fully saturated rings. The van der Waals surface area contributed by atoms with Crippen molar-refractivity contribution in [2.75, 3.05) is 72.0 Å². The zero-order valence-electron chi connectivity index (χ0n) is 77.6. The fraction of sp³-hybridized carbons (Fsp3) is 0.516. The van der Waals surface area contributed by atoms with Crippen LogP contribution in [0.15, 0.2) is 96.5 Å². The summed E-state index contributed by atoms with van der Waals surface area (Å²) in [6, 6.07) is -2.64. The van der Waals surface area contributed by atoms with Crippen molar-refractivity contribution in [3.63, 3.8) is 0 Å². The van der Waals surface area contributed by atoms with Crippen LogP contribution in [0.4, 0.5) is 0 Å². The van der Waals surface area contributed by atoms with E-state index in [1.807, 2.05) is 13.8 Å². The second-order valence-electron chi connectivity index (χ2n) is 34.7. The van der Waals surface area contributed by atoms with Crippen LogP contribution in [0.1, 0.15) is 134 Å². The van der Waals surface area contributed by atoms with Crippen LogP contribution in [0.25, 0.3) is 21.8 Å². The van der Waals surface area contributed by atoms with Crippen molar-refractivity contribution in [3.05, 3.63) is 113 Å². The van der Waals surface area contributed by atoms with Gasteiger partial charge >= 0.3 is 5.97 Å². The van der Waals surface area contributed by atoms with Crippen LogP contribution in [0, 0.1) is 5.41 Å². The van der Waals surface area contributed by atoms with Gasteiger partial charge in [0.15, 0.2) is 11.7 Å². The van der Waals surface area contributed by atoms with Crippen molar-refractivity contribution in [1.82, 2.24) is 93.0 Å². The van der Waals surface area contributed by atoms with Gasteiger partial charge < -0.3 is 136 Å². The van der Waals surface area contributed by atoms with Crippen LogP contribution in [0.5, 0.6) is 5.75 Å². The molecule has 5 aromatic rings. The number of carbonyl (C=O) groups is 19. The van der Waals surface area contributed by atoms with E-state index in [9.17, 15) is 82.8 Å². The predicted molar refractivity (Wildman–Crippen MR) is 501 cm³/mol. The zero-order valence-corrected chi connectivity index (χ0v) is 78.4. The van der Waals surface area contributed by atoms with Crippen molar-refractivity contribution in [1.29, 1.82) is 5.41 Å². The average molecular weight is 1940 g/mol. The third-order valence-corrected chi connectivity index (χ3v) is 25.8. The number of primary amides is 2. The Bertz CT molecular complexity index is 5380. The number of nitrogens with zero attached hydrogens (tertiary/aromatic N) is 5. The SMILES string of the molecule is CCCC[C@H]1C(=O)N(C)[C@@H](CCCC)C(=O)N[C@@H](CCCNC(=N)N)C2=C(CC(N)=O)C(=O)[C@H](CSCC(=O)N[C@@H](Cc3ccc(O)cc3)C(=O)N(C)[C@@H](C)C(=O)N[C@@H](CC(N)=O)C(=O)N3CCC[C@H]3C(=O)N[C@@H](CN)C(=O)NCC(=O)C(=O)N[C@@H](CCC(=O)O)C(=O)N3C[C@H](O)C[C@H]3C(=O)N[C@@H](Cc3c[nH]c4ccccc34)C(=O)N[C@@H](CO)C(=O)N[C@@H](Cc3c[nH]c4ccccc34)C(=O)N1C)N2. The summed E-state index contributed by atoms with van der Waals surface area (Å²) in [6.45, 7) is 1.21. The van der Waals surface area contributed by atoms with E-state index in [2.05, 4.69) is 68.5 Å². The summed E-state index contributed by atoms with van der Waals surface area (Å²) in [5.74, 6) is -21.3. The fourth-order valence-electron chi connectivity index (χ4n) is 17.1. The molecule has 9 rings (SSSR count). The van der Waals surface area contributed by atoms with Gasteiger partial charge in [-0.25, -0.2) is 0 Å². The molecule has 46 nitrogen and oxygen atoms in total. The molecule has 2 aromatic heterocycles. The van der Waals surface area contributed by atoms with E-state index in [1.54, 1.807) is 54.7 Å². The highest BCUT2D eigenvalue weighted by Crippen LogP contribution is 2.30. The van der Waals surface area contributed by atoms with Crippen LogP contribution in [0.2, 0.25) is 0 Å². The molecule has 0 spiro atoms. The minimum atomic E-state index is -1.96. The molecule has 16 amide bonds. The smallest absolute Gasteiger partial charge is 0.303 e. The van der Waals surface area contributed by atoms with E-state index < -0.39 is 273 Å². The number of aliphatic hydroxyl groups is 2. The van der Waals surface area contributed by atoms with Crippen LogP contribution < -0.4 is 81.4 Å². The Morgan fingerprint density at radius 3 is 1.72 bits per heavy atom. The highest BCUT2D eigenvalue weighted by Gasteiger charge is 2.47.